The van der Waals surface area contributed by atoms with E-state index in [1.807, 2.05) is 6.26 Å². The van der Waals surface area contributed by atoms with E-state index in [0.29, 0.717) is 28.5 Å². The molecule has 0 saturated heterocycles. The molecule has 1 amide bonds. The SMILES string of the molecule is CSCCC(NC(=O)c1ccc(-c2ccc(N(Cc3cnc[nH]3)S(=O)(=O)c3ccccc3)cc2)o1)C(=O)O. The Balaban J connectivity index is 1.56. The molecular weight excluding hydrogens is 528 g/mol. The van der Waals surface area contributed by atoms with Gasteiger partial charge in [0.1, 0.15) is 11.8 Å². The minimum Gasteiger partial charge on any atom is -0.480 e. The molecular formula is C26H26N4O6S2. The fraction of sp³-hybridized carbons (Fsp3) is 0.192. The van der Waals surface area contributed by atoms with Crippen LogP contribution in [0, 0.1) is 0 Å². The lowest BCUT2D eigenvalue weighted by Crippen LogP contribution is -2.41. The second kappa shape index (κ2) is 12.0. The van der Waals surface area contributed by atoms with Crippen LogP contribution in [0.2, 0.25) is 0 Å². The highest BCUT2D eigenvalue weighted by Crippen LogP contribution is 2.29. The molecule has 0 aliphatic heterocycles. The average molecular weight is 555 g/mol. The van der Waals surface area contributed by atoms with Crippen molar-refractivity contribution in [2.75, 3.05) is 16.3 Å². The highest BCUT2D eigenvalue weighted by atomic mass is 32.2. The van der Waals surface area contributed by atoms with Gasteiger partial charge < -0.3 is 19.8 Å². The largest absolute Gasteiger partial charge is 0.480 e. The first-order valence-electron chi connectivity index (χ1n) is 11.6. The third-order valence-electron chi connectivity index (χ3n) is 5.68. The van der Waals surface area contributed by atoms with Crippen LogP contribution in [0.15, 0.2) is 88.6 Å². The van der Waals surface area contributed by atoms with Gasteiger partial charge >= 0.3 is 5.97 Å². The summed E-state index contributed by atoms with van der Waals surface area (Å²) in [5.41, 5.74) is 1.66. The van der Waals surface area contributed by atoms with Crippen LogP contribution in [0.5, 0.6) is 0 Å². The van der Waals surface area contributed by atoms with Crippen LogP contribution in [0.4, 0.5) is 5.69 Å². The van der Waals surface area contributed by atoms with Crippen molar-refractivity contribution in [3.63, 3.8) is 0 Å². The number of carbonyl (C=O) groups is 2. The van der Waals surface area contributed by atoms with Gasteiger partial charge in [-0.3, -0.25) is 9.10 Å². The van der Waals surface area contributed by atoms with E-state index in [-0.39, 0.29) is 23.6 Å². The molecule has 0 spiro atoms. The monoisotopic (exact) mass is 554 g/mol. The summed E-state index contributed by atoms with van der Waals surface area (Å²) in [7, 11) is -3.88. The van der Waals surface area contributed by atoms with Crippen molar-refractivity contribution >= 4 is 39.3 Å². The number of thioether (sulfide) groups is 1. The third kappa shape index (κ3) is 6.26. The van der Waals surface area contributed by atoms with E-state index in [1.165, 1.54) is 40.6 Å². The van der Waals surface area contributed by atoms with Crippen molar-refractivity contribution in [2.45, 2.75) is 23.9 Å². The first-order chi connectivity index (χ1) is 18.3. The van der Waals surface area contributed by atoms with Crippen molar-refractivity contribution in [3.8, 4) is 11.3 Å². The van der Waals surface area contributed by atoms with Gasteiger partial charge in [0.15, 0.2) is 5.76 Å². The summed E-state index contributed by atoms with van der Waals surface area (Å²) in [5.74, 6) is -0.790. The van der Waals surface area contributed by atoms with E-state index in [2.05, 4.69) is 15.3 Å². The maximum absolute atomic E-state index is 13.5. The summed E-state index contributed by atoms with van der Waals surface area (Å²) in [6.45, 7) is 0.0446. The van der Waals surface area contributed by atoms with Gasteiger partial charge in [0.05, 0.1) is 29.1 Å². The highest BCUT2D eigenvalue weighted by Gasteiger charge is 2.26. The lowest BCUT2D eigenvalue weighted by atomic mass is 10.1. The fourth-order valence-corrected chi connectivity index (χ4v) is 5.63. The van der Waals surface area contributed by atoms with Crippen LogP contribution >= 0.6 is 11.8 Å². The Labute approximate surface area is 224 Å². The standard InChI is InChI=1S/C26H26N4O6S2/c1-37-14-13-22(26(32)33)29-25(31)24-12-11-23(36-24)18-7-9-20(10-8-18)30(16-19-15-27-17-28-19)38(34,35)21-5-3-2-4-6-21/h2-12,15,17,22H,13-14,16H2,1H3,(H,27,28)(H,29,31)(H,32,33). The molecule has 3 N–H and O–H groups in total. The van der Waals surface area contributed by atoms with Crippen molar-refractivity contribution in [1.29, 1.82) is 0 Å². The van der Waals surface area contributed by atoms with Gasteiger partial charge in [-0.1, -0.05) is 18.2 Å². The number of hydrogen-bond acceptors (Lipinski definition) is 7. The Bertz CT molecular complexity index is 1470. The Morgan fingerprint density at radius 2 is 1.84 bits per heavy atom. The van der Waals surface area contributed by atoms with Gasteiger partial charge in [-0.25, -0.2) is 18.2 Å². The number of nitrogens with zero attached hydrogens (tertiary/aromatic N) is 2. The number of imidazole rings is 1. The maximum Gasteiger partial charge on any atom is 0.326 e. The number of anilines is 1. The van der Waals surface area contributed by atoms with Crippen LogP contribution < -0.4 is 9.62 Å². The summed E-state index contributed by atoms with van der Waals surface area (Å²) in [4.78, 5) is 31.1. The third-order valence-corrected chi connectivity index (χ3v) is 8.12. The van der Waals surface area contributed by atoms with Gasteiger partial charge in [0.25, 0.3) is 15.9 Å². The molecule has 0 aliphatic rings. The minimum absolute atomic E-state index is 0.0213. The molecule has 2 aromatic heterocycles. The van der Waals surface area contributed by atoms with Crippen LogP contribution in [0.25, 0.3) is 11.3 Å². The van der Waals surface area contributed by atoms with E-state index in [1.54, 1.807) is 54.7 Å². The summed E-state index contributed by atoms with van der Waals surface area (Å²) >= 11 is 1.49. The first-order valence-corrected chi connectivity index (χ1v) is 14.4. The highest BCUT2D eigenvalue weighted by molar-refractivity contribution is 7.98. The Morgan fingerprint density at radius 1 is 1.11 bits per heavy atom. The second-order valence-electron chi connectivity index (χ2n) is 8.26. The zero-order valence-electron chi connectivity index (χ0n) is 20.4. The molecule has 2 aromatic carbocycles. The number of aliphatic carboxylic acids is 1. The van der Waals surface area contributed by atoms with E-state index in [0.717, 1.165) is 0 Å². The Morgan fingerprint density at radius 3 is 2.47 bits per heavy atom. The molecule has 12 heteroatoms. The summed E-state index contributed by atoms with van der Waals surface area (Å²) in [5, 5.41) is 11.8. The normalized spacial score (nSPS) is 12.1. The van der Waals surface area contributed by atoms with Crippen molar-refractivity contribution < 1.29 is 27.5 Å². The quantitative estimate of drug-likeness (QED) is 0.238. The molecule has 0 aliphatic carbocycles. The summed E-state index contributed by atoms with van der Waals surface area (Å²) in [6.07, 6.45) is 5.20. The summed E-state index contributed by atoms with van der Waals surface area (Å²) in [6, 6.07) is 16.9. The van der Waals surface area contributed by atoms with Gasteiger partial charge in [-0.2, -0.15) is 11.8 Å². The molecule has 1 atom stereocenters. The van der Waals surface area contributed by atoms with E-state index >= 15 is 0 Å². The van der Waals surface area contributed by atoms with E-state index in [9.17, 15) is 23.1 Å². The predicted molar refractivity (Wildman–Crippen MR) is 144 cm³/mol. The van der Waals surface area contributed by atoms with Crippen molar-refractivity contribution in [3.05, 3.63) is 90.7 Å². The van der Waals surface area contributed by atoms with Gasteiger partial charge in [-0.15, -0.1) is 0 Å². The number of benzene rings is 2. The number of aromatic amines is 1. The van der Waals surface area contributed by atoms with E-state index in [4.69, 9.17) is 4.42 Å². The molecule has 0 saturated carbocycles. The number of carbonyl (C=O) groups excluding carboxylic acids is 1. The number of rotatable bonds is 12. The Kier molecular flexibility index (Phi) is 8.54. The number of H-pyrrole nitrogens is 1. The Hall–Kier alpha value is -4.03. The van der Waals surface area contributed by atoms with Crippen LogP contribution in [0.1, 0.15) is 22.7 Å². The van der Waals surface area contributed by atoms with E-state index < -0.39 is 27.9 Å². The average Bonchev–Trinajstić information content (AvgIpc) is 3.63. The van der Waals surface area contributed by atoms with Gasteiger partial charge in [0.2, 0.25) is 0 Å². The lowest BCUT2D eigenvalue weighted by Gasteiger charge is -2.24. The topological polar surface area (TPSA) is 146 Å². The molecule has 198 valence electrons. The van der Waals surface area contributed by atoms with Crippen LogP contribution in [0.3, 0.4) is 0 Å². The van der Waals surface area contributed by atoms with Crippen molar-refractivity contribution in [2.24, 2.45) is 0 Å². The van der Waals surface area contributed by atoms with Crippen LogP contribution in [-0.2, 0) is 21.4 Å². The number of carboxylic acid groups (broad SMARTS) is 1. The molecule has 1 unspecified atom stereocenters. The zero-order valence-corrected chi connectivity index (χ0v) is 22.0. The maximum atomic E-state index is 13.5. The number of amides is 1. The number of furan rings is 1. The van der Waals surface area contributed by atoms with Gasteiger partial charge in [-0.05, 0) is 67.0 Å². The molecule has 4 rings (SSSR count). The molecule has 0 radical (unpaired) electrons. The lowest BCUT2D eigenvalue weighted by molar-refractivity contribution is -0.139. The zero-order chi connectivity index (χ0) is 27.1. The first kappa shape index (κ1) is 27.0. The number of aromatic nitrogens is 2. The molecule has 0 bridgehead atoms. The smallest absolute Gasteiger partial charge is 0.326 e. The molecule has 38 heavy (non-hydrogen) atoms. The number of hydrogen-bond donors (Lipinski definition) is 3. The number of nitrogens with one attached hydrogen (secondary N) is 2. The molecule has 4 aromatic rings. The fourth-order valence-electron chi connectivity index (χ4n) is 3.69. The predicted octanol–water partition coefficient (Wildman–Crippen LogP) is 4.00. The second-order valence-corrected chi connectivity index (χ2v) is 11.1. The summed E-state index contributed by atoms with van der Waals surface area (Å²) < 4.78 is 33.9. The number of carboxylic acids is 1. The minimum atomic E-state index is -3.88. The van der Waals surface area contributed by atoms with Gasteiger partial charge in [0, 0.05) is 11.8 Å². The number of sulfonamides is 1. The van der Waals surface area contributed by atoms with Crippen LogP contribution in [-0.4, -0.2) is 53.4 Å². The molecule has 0 fully saturated rings. The van der Waals surface area contributed by atoms with Crippen molar-refractivity contribution in [1.82, 2.24) is 15.3 Å². The molecule has 10 nitrogen and oxygen atoms in total. The molecule has 2 heterocycles.